The molecule has 1 aliphatic rings. The van der Waals surface area contributed by atoms with E-state index in [9.17, 15) is 4.39 Å². The van der Waals surface area contributed by atoms with Crippen LogP contribution < -0.4 is 10.6 Å². The van der Waals surface area contributed by atoms with Gasteiger partial charge >= 0.3 is 0 Å². The largest absolute Gasteiger partial charge is 0.313 e. The summed E-state index contributed by atoms with van der Waals surface area (Å²) in [5, 5.41) is 6.40. The molecule has 2 atom stereocenters. The third-order valence-electron chi connectivity index (χ3n) is 1.94. The van der Waals surface area contributed by atoms with Crippen molar-refractivity contribution >= 4 is 0 Å². The molecular formula is C10H23FN2. The van der Waals surface area contributed by atoms with E-state index in [0.29, 0.717) is 25.0 Å². The smallest absolute Gasteiger partial charge is 0.114 e. The monoisotopic (exact) mass is 190 g/mol. The first-order valence-electron chi connectivity index (χ1n) is 5.29. The zero-order chi connectivity index (χ0) is 10.3. The number of alkyl halides is 1. The Balaban J connectivity index is 0.000000671. The summed E-state index contributed by atoms with van der Waals surface area (Å²) >= 11 is 0. The Bertz CT molecular complexity index is 117. The highest BCUT2D eigenvalue weighted by Crippen LogP contribution is 2.08. The lowest BCUT2D eigenvalue weighted by Crippen LogP contribution is -2.37. The number of hydrogen-bond acceptors (Lipinski definition) is 2. The lowest BCUT2D eigenvalue weighted by atomic mass is 10.2. The Labute approximate surface area is 81.3 Å². The minimum atomic E-state index is -0.631. The minimum Gasteiger partial charge on any atom is -0.313 e. The molecule has 1 saturated heterocycles. The van der Waals surface area contributed by atoms with Crippen molar-refractivity contribution in [3.63, 3.8) is 0 Å². The van der Waals surface area contributed by atoms with E-state index in [1.807, 2.05) is 13.8 Å². The van der Waals surface area contributed by atoms with Gasteiger partial charge in [0, 0.05) is 25.2 Å². The van der Waals surface area contributed by atoms with Gasteiger partial charge in [-0.3, -0.25) is 0 Å². The van der Waals surface area contributed by atoms with E-state index in [0.717, 1.165) is 6.54 Å². The van der Waals surface area contributed by atoms with E-state index in [1.54, 1.807) is 0 Å². The molecule has 0 bridgehead atoms. The summed E-state index contributed by atoms with van der Waals surface area (Å²) in [6.45, 7) is 9.62. The summed E-state index contributed by atoms with van der Waals surface area (Å²) in [5.41, 5.74) is 0. The molecule has 0 saturated carbocycles. The van der Waals surface area contributed by atoms with E-state index >= 15 is 0 Å². The Hall–Kier alpha value is -0.150. The Morgan fingerprint density at radius 3 is 2.46 bits per heavy atom. The van der Waals surface area contributed by atoms with E-state index < -0.39 is 6.17 Å². The van der Waals surface area contributed by atoms with Crippen molar-refractivity contribution in [1.29, 1.82) is 0 Å². The SMILES string of the molecule is CC.CC(C)NCC1CC(F)CN1. The topological polar surface area (TPSA) is 24.1 Å². The molecular weight excluding hydrogens is 167 g/mol. The maximum absolute atomic E-state index is 12.6. The van der Waals surface area contributed by atoms with Crippen LogP contribution >= 0.6 is 0 Å². The second-order valence-corrected chi connectivity index (χ2v) is 3.50. The van der Waals surface area contributed by atoms with Gasteiger partial charge in [0.15, 0.2) is 0 Å². The van der Waals surface area contributed by atoms with Gasteiger partial charge in [-0.15, -0.1) is 0 Å². The van der Waals surface area contributed by atoms with E-state index in [1.165, 1.54) is 0 Å². The molecule has 3 heteroatoms. The second kappa shape index (κ2) is 7.27. The van der Waals surface area contributed by atoms with Crippen molar-refractivity contribution in [3.05, 3.63) is 0 Å². The molecule has 2 nitrogen and oxygen atoms in total. The molecule has 13 heavy (non-hydrogen) atoms. The number of nitrogens with one attached hydrogen (secondary N) is 2. The van der Waals surface area contributed by atoms with Crippen LogP contribution in [0.4, 0.5) is 4.39 Å². The fourth-order valence-corrected chi connectivity index (χ4v) is 1.30. The van der Waals surface area contributed by atoms with Gasteiger partial charge in [0.25, 0.3) is 0 Å². The van der Waals surface area contributed by atoms with Crippen molar-refractivity contribution in [3.8, 4) is 0 Å². The maximum atomic E-state index is 12.6. The molecule has 80 valence electrons. The lowest BCUT2D eigenvalue weighted by Gasteiger charge is -2.13. The van der Waals surface area contributed by atoms with Gasteiger partial charge in [-0.25, -0.2) is 4.39 Å². The molecule has 0 spiro atoms. The van der Waals surface area contributed by atoms with E-state index in [-0.39, 0.29) is 0 Å². The van der Waals surface area contributed by atoms with Crippen LogP contribution in [-0.2, 0) is 0 Å². The number of halogens is 1. The number of rotatable bonds is 3. The van der Waals surface area contributed by atoms with Crippen LogP contribution in [0.2, 0.25) is 0 Å². The van der Waals surface area contributed by atoms with Crippen molar-refractivity contribution < 1.29 is 4.39 Å². The van der Waals surface area contributed by atoms with Gasteiger partial charge in [0.1, 0.15) is 6.17 Å². The molecule has 1 fully saturated rings. The highest BCUT2D eigenvalue weighted by molar-refractivity contribution is 4.83. The van der Waals surface area contributed by atoms with Gasteiger partial charge in [-0.1, -0.05) is 27.7 Å². The van der Waals surface area contributed by atoms with Gasteiger partial charge < -0.3 is 10.6 Å². The Morgan fingerprint density at radius 2 is 2.08 bits per heavy atom. The van der Waals surface area contributed by atoms with Crippen LogP contribution in [0.3, 0.4) is 0 Å². The van der Waals surface area contributed by atoms with Gasteiger partial charge in [0.05, 0.1) is 0 Å². The first kappa shape index (κ1) is 12.8. The average Bonchev–Trinajstić information content (AvgIpc) is 2.52. The molecule has 0 aliphatic carbocycles. The summed E-state index contributed by atoms with van der Waals surface area (Å²) in [6.07, 6.45) is 0.0358. The van der Waals surface area contributed by atoms with Crippen LogP contribution in [0, 0.1) is 0 Å². The molecule has 0 aromatic carbocycles. The summed E-state index contributed by atoms with van der Waals surface area (Å²) in [6, 6.07) is 0.836. The predicted molar refractivity (Wildman–Crippen MR) is 55.8 cm³/mol. The first-order valence-corrected chi connectivity index (χ1v) is 5.29. The van der Waals surface area contributed by atoms with E-state index in [2.05, 4.69) is 24.5 Å². The molecule has 0 aromatic rings. The van der Waals surface area contributed by atoms with Gasteiger partial charge in [0.2, 0.25) is 0 Å². The van der Waals surface area contributed by atoms with Crippen LogP contribution in [-0.4, -0.2) is 31.3 Å². The summed E-state index contributed by atoms with van der Waals surface area (Å²) < 4.78 is 12.6. The Kier molecular flexibility index (Phi) is 7.19. The third kappa shape index (κ3) is 5.99. The molecule has 0 amide bonds. The fourth-order valence-electron chi connectivity index (χ4n) is 1.30. The Morgan fingerprint density at radius 1 is 1.46 bits per heavy atom. The third-order valence-corrected chi connectivity index (χ3v) is 1.94. The van der Waals surface area contributed by atoms with Gasteiger partial charge in [-0.2, -0.15) is 0 Å². The normalized spacial score (nSPS) is 27.2. The highest BCUT2D eigenvalue weighted by atomic mass is 19.1. The van der Waals surface area contributed by atoms with Gasteiger partial charge in [-0.05, 0) is 6.42 Å². The second-order valence-electron chi connectivity index (χ2n) is 3.50. The summed E-state index contributed by atoms with van der Waals surface area (Å²) in [7, 11) is 0. The molecule has 2 unspecified atom stereocenters. The van der Waals surface area contributed by atoms with Crippen LogP contribution in [0.25, 0.3) is 0 Å². The molecule has 1 rings (SSSR count). The van der Waals surface area contributed by atoms with Crippen molar-refractivity contribution in [1.82, 2.24) is 10.6 Å². The van der Waals surface area contributed by atoms with Crippen molar-refractivity contribution in [2.24, 2.45) is 0 Å². The molecule has 1 heterocycles. The highest BCUT2D eigenvalue weighted by Gasteiger charge is 2.22. The van der Waals surface area contributed by atoms with Crippen LogP contribution in [0.15, 0.2) is 0 Å². The first-order chi connectivity index (χ1) is 6.18. The van der Waals surface area contributed by atoms with Crippen molar-refractivity contribution in [2.45, 2.75) is 52.4 Å². The zero-order valence-corrected chi connectivity index (χ0v) is 9.23. The lowest BCUT2D eigenvalue weighted by molar-refractivity contribution is 0.353. The fraction of sp³-hybridized carbons (Fsp3) is 1.00. The molecule has 0 aromatic heterocycles. The predicted octanol–water partition coefficient (Wildman–Crippen LogP) is 1.71. The maximum Gasteiger partial charge on any atom is 0.114 e. The van der Waals surface area contributed by atoms with Crippen LogP contribution in [0.1, 0.15) is 34.1 Å². The van der Waals surface area contributed by atoms with Crippen LogP contribution in [0.5, 0.6) is 0 Å². The quantitative estimate of drug-likeness (QED) is 0.708. The molecule has 1 aliphatic heterocycles. The molecule has 2 N–H and O–H groups in total. The standard InChI is InChI=1S/C8H17FN2.C2H6/c1-6(2)10-5-8-3-7(9)4-11-8;1-2/h6-8,10-11H,3-5H2,1-2H3;1-2H3. The molecule has 0 radical (unpaired) electrons. The van der Waals surface area contributed by atoms with E-state index in [4.69, 9.17) is 0 Å². The zero-order valence-electron chi connectivity index (χ0n) is 9.23. The van der Waals surface area contributed by atoms with Crippen molar-refractivity contribution in [2.75, 3.05) is 13.1 Å². The minimum absolute atomic E-state index is 0.340. The number of hydrogen-bond donors (Lipinski definition) is 2. The summed E-state index contributed by atoms with van der Waals surface area (Å²) in [5.74, 6) is 0. The average molecular weight is 190 g/mol. The summed E-state index contributed by atoms with van der Waals surface area (Å²) in [4.78, 5) is 0.